The van der Waals surface area contributed by atoms with Gasteiger partial charge in [-0.2, -0.15) is 0 Å². The lowest BCUT2D eigenvalue weighted by Gasteiger charge is -2.17. The van der Waals surface area contributed by atoms with Crippen LogP contribution in [-0.4, -0.2) is 25.8 Å². The molecule has 0 aliphatic carbocycles. The van der Waals surface area contributed by atoms with Gasteiger partial charge in [-0.05, 0) is 25.8 Å². The lowest BCUT2D eigenvalue weighted by atomic mass is 10.1. The van der Waals surface area contributed by atoms with Crippen molar-refractivity contribution in [2.45, 2.75) is 58.0 Å². The van der Waals surface area contributed by atoms with Crippen LogP contribution in [-0.2, 0) is 17.0 Å². The third kappa shape index (κ3) is 5.59. The van der Waals surface area contributed by atoms with Crippen molar-refractivity contribution in [2.75, 3.05) is 0 Å². The van der Waals surface area contributed by atoms with Crippen LogP contribution in [0, 0.1) is 13.8 Å². The molecule has 1 heterocycles. The van der Waals surface area contributed by atoms with Crippen molar-refractivity contribution in [3.05, 3.63) is 22.8 Å². The Hall–Kier alpha value is -1.10. The van der Waals surface area contributed by atoms with Gasteiger partial charge in [-0.25, -0.2) is 9.97 Å². The van der Waals surface area contributed by atoms with Gasteiger partial charge in [0.15, 0.2) is 0 Å². The molecule has 1 N–H and O–H groups in total. The number of carbonyl (C=O) groups is 1. The summed E-state index contributed by atoms with van der Waals surface area (Å²) >= 11 is 1.81. The lowest BCUT2D eigenvalue weighted by Crippen LogP contribution is -2.11. The highest BCUT2D eigenvalue weighted by Crippen LogP contribution is 2.26. The zero-order valence-electron chi connectivity index (χ0n) is 12.3. The van der Waals surface area contributed by atoms with Gasteiger partial charge in [-0.3, -0.25) is 4.79 Å². The van der Waals surface area contributed by atoms with E-state index in [0.29, 0.717) is 6.42 Å². The maximum Gasteiger partial charge on any atom is 0.303 e. The number of nitrogens with zero attached hydrogens (tertiary/aromatic N) is 2. The molecule has 0 saturated carbocycles. The fraction of sp³-hybridized carbons (Fsp3) is 0.643. The number of rotatable bonds is 5. The monoisotopic (exact) mass is 282 g/mol. The van der Waals surface area contributed by atoms with E-state index in [2.05, 4.69) is 30.7 Å². The van der Waals surface area contributed by atoms with E-state index in [0.717, 1.165) is 28.5 Å². The van der Waals surface area contributed by atoms with Crippen LogP contribution in [0.25, 0.3) is 0 Å². The quantitative estimate of drug-likeness (QED) is 0.899. The molecule has 0 aromatic carbocycles. The highest BCUT2D eigenvalue weighted by Gasteiger charge is 2.14. The molecule has 4 nitrogen and oxygen atoms in total. The Labute approximate surface area is 119 Å². The Kier molecular flexibility index (Phi) is 5.35. The smallest absolute Gasteiger partial charge is 0.303 e. The molecule has 1 aromatic rings. The average Bonchev–Trinajstić information content (AvgIpc) is 2.23. The number of aryl methyl sites for hydroxylation is 2. The molecular weight excluding hydrogens is 260 g/mol. The van der Waals surface area contributed by atoms with E-state index in [1.165, 1.54) is 0 Å². The zero-order chi connectivity index (χ0) is 14.6. The summed E-state index contributed by atoms with van der Waals surface area (Å²) in [6.45, 7) is 10.4. The summed E-state index contributed by atoms with van der Waals surface area (Å²) in [6, 6.07) is 0. The summed E-state index contributed by atoms with van der Waals surface area (Å²) in [5, 5.41) is 8.74. The number of thioether (sulfide) groups is 1. The van der Waals surface area contributed by atoms with Crippen LogP contribution < -0.4 is 0 Å². The van der Waals surface area contributed by atoms with Crippen molar-refractivity contribution >= 4 is 17.7 Å². The standard InChI is InChI=1S/C14H22N2O2S/c1-9-11(6-7-13(17)18)10(2)16-12(15-9)8-19-14(3,4)5/h6-8H2,1-5H3,(H,17,18). The zero-order valence-corrected chi connectivity index (χ0v) is 13.1. The topological polar surface area (TPSA) is 63.1 Å². The highest BCUT2D eigenvalue weighted by atomic mass is 32.2. The predicted octanol–water partition coefficient (Wildman–Crippen LogP) is 3.14. The Morgan fingerprint density at radius 2 is 1.74 bits per heavy atom. The molecule has 0 aliphatic heterocycles. The first-order valence-electron chi connectivity index (χ1n) is 6.38. The molecule has 0 atom stereocenters. The van der Waals surface area contributed by atoms with Crippen molar-refractivity contribution in [1.82, 2.24) is 9.97 Å². The highest BCUT2D eigenvalue weighted by molar-refractivity contribution is 7.99. The fourth-order valence-electron chi connectivity index (χ4n) is 1.75. The van der Waals surface area contributed by atoms with Crippen LogP contribution in [0.5, 0.6) is 0 Å². The predicted molar refractivity (Wildman–Crippen MR) is 78.5 cm³/mol. The number of carboxylic acid groups (broad SMARTS) is 1. The van der Waals surface area contributed by atoms with Crippen LogP contribution >= 0.6 is 11.8 Å². The van der Waals surface area contributed by atoms with Crippen LogP contribution in [0.1, 0.15) is 50.0 Å². The van der Waals surface area contributed by atoms with Gasteiger partial charge in [-0.1, -0.05) is 20.8 Å². The Morgan fingerprint density at radius 3 is 2.16 bits per heavy atom. The Balaban J connectivity index is 2.81. The van der Waals surface area contributed by atoms with E-state index < -0.39 is 5.97 Å². The van der Waals surface area contributed by atoms with Crippen LogP contribution in [0.4, 0.5) is 0 Å². The summed E-state index contributed by atoms with van der Waals surface area (Å²) < 4.78 is 0.188. The third-order valence-corrected chi connectivity index (χ3v) is 3.96. The van der Waals surface area contributed by atoms with Gasteiger partial charge in [0.05, 0.1) is 5.75 Å². The van der Waals surface area contributed by atoms with Gasteiger partial charge < -0.3 is 5.11 Å². The van der Waals surface area contributed by atoms with E-state index in [-0.39, 0.29) is 11.2 Å². The minimum atomic E-state index is -0.786. The first kappa shape index (κ1) is 16.0. The van der Waals surface area contributed by atoms with Gasteiger partial charge in [0.2, 0.25) is 0 Å². The summed E-state index contributed by atoms with van der Waals surface area (Å²) in [4.78, 5) is 19.6. The van der Waals surface area contributed by atoms with Crippen LogP contribution in [0.2, 0.25) is 0 Å². The number of carboxylic acids is 1. The molecule has 5 heteroatoms. The number of hydrogen-bond acceptors (Lipinski definition) is 4. The summed E-state index contributed by atoms with van der Waals surface area (Å²) in [6.07, 6.45) is 0.626. The van der Waals surface area contributed by atoms with Crippen molar-refractivity contribution in [3.8, 4) is 0 Å². The molecule has 1 aromatic heterocycles. The molecule has 106 valence electrons. The number of aliphatic carboxylic acids is 1. The third-order valence-electron chi connectivity index (χ3n) is 2.69. The molecule has 0 bridgehead atoms. The van der Waals surface area contributed by atoms with E-state index >= 15 is 0 Å². The van der Waals surface area contributed by atoms with E-state index in [1.807, 2.05) is 25.6 Å². The van der Waals surface area contributed by atoms with Gasteiger partial charge in [0.1, 0.15) is 5.82 Å². The summed E-state index contributed by atoms with van der Waals surface area (Å²) in [5.41, 5.74) is 2.77. The minimum Gasteiger partial charge on any atom is -0.481 e. The molecule has 0 saturated heterocycles. The van der Waals surface area contributed by atoms with Crippen molar-refractivity contribution in [2.24, 2.45) is 0 Å². The second-order valence-corrected chi connectivity index (χ2v) is 7.39. The average molecular weight is 282 g/mol. The van der Waals surface area contributed by atoms with Gasteiger partial charge >= 0.3 is 5.97 Å². The van der Waals surface area contributed by atoms with E-state index in [4.69, 9.17) is 5.11 Å². The Bertz CT molecular complexity index is 444. The molecule has 19 heavy (non-hydrogen) atoms. The second kappa shape index (κ2) is 6.37. The molecule has 0 unspecified atom stereocenters. The second-order valence-electron chi connectivity index (χ2n) is 5.58. The van der Waals surface area contributed by atoms with E-state index in [9.17, 15) is 4.79 Å². The molecular formula is C14H22N2O2S. The van der Waals surface area contributed by atoms with Crippen molar-refractivity contribution in [1.29, 1.82) is 0 Å². The van der Waals surface area contributed by atoms with Gasteiger partial charge in [0, 0.05) is 22.6 Å². The molecule has 1 rings (SSSR count). The van der Waals surface area contributed by atoms with Gasteiger partial charge in [-0.15, -0.1) is 11.8 Å². The summed E-state index contributed by atoms with van der Waals surface area (Å²) in [7, 11) is 0. The summed E-state index contributed by atoms with van der Waals surface area (Å²) in [5.74, 6) is 0.824. The first-order valence-corrected chi connectivity index (χ1v) is 7.36. The molecule has 0 amide bonds. The number of aromatic nitrogens is 2. The SMILES string of the molecule is Cc1nc(CSC(C)(C)C)nc(C)c1CCC(=O)O. The molecule has 0 aliphatic rings. The van der Waals surface area contributed by atoms with Gasteiger partial charge in [0.25, 0.3) is 0 Å². The largest absolute Gasteiger partial charge is 0.481 e. The number of hydrogen-bond donors (Lipinski definition) is 1. The van der Waals surface area contributed by atoms with Crippen LogP contribution in [0.15, 0.2) is 0 Å². The van der Waals surface area contributed by atoms with E-state index in [1.54, 1.807) is 0 Å². The maximum atomic E-state index is 10.6. The van der Waals surface area contributed by atoms with Crippen LogP contribution in [0.3, 0.4) is 0 Å². The molecule has 0 radical (unpaired) electrons. The molecule has 0 fully saturated rings. The maximum absolute atomic E-state index is 10.6. The molecule has 0 spiro atoms. The first-order chi connectivity index (χ1) is 8.69. The lowest BCUT2D eigenvalue weighted by molar-refractivity contribution is -0.136. The Morgan fingerprint density at radius 1 is 1.21 bits per heavy atom. The van der Waals surface area contributed by atoms with Crippen molar-refractivity contribution < 1.29 is 9.90 Å². The minimum absolute atomic E-state index is 0.126. The normalized spacial score (nSPS) is 11.6. The fourth-order valence-corrected chi connectivity index (χ4v) is 2.44. The van der Waals surface area contributed by atoms with Crippen molar-refractivity contribution in [3.63, 3.8) is 0 Å².